The van der Waals surface area contributed by atoms with Crippen molar-refractivity contribution in [1.29, 1.82) is 0 Å². The van der Waals surface area contributed by atoms with Crippen molar-refractivity contribution in [3.05, 3.63) is 120 Å². The Morgan fingerprint density at radius 1 is 0.229 bits per heavy atom. The number of hydrogen-bond donors (Lipinski definition) is 2. The van der Waals surface area contributed by atoms with Gasteiger partial charge in [-0.2, -0.15) is 0 Å². The van der Waals surface area contributed by atoms with Crippen molar-refractivity contribution >= 4 is 46.4 Å². The number of aromatic amines is 2. The zero-order valence-corrected chi connectivity index (χ0v) is 59.3. The van der Waals surface area contributed by atoms with Gasteiger partial charge in [-0.25, -0.2) is 9.97 Å². The van der Waals surface area contributed by atoms with E-state index in [1.165, 1.54) is 0 Å². The normalized spacial score (nSPS) is 11.8. The number of nitrogens with one attached hydrogen (secondary N) is 2. The van der Waals surface area contributed by atoms with Crippen LogP contribution in [0.25, 0.3) is 90.9 Å². The number of benzene rings is 4. The van der Waals surface area contributed by atoms with E-state index in [2.05, 4.69) is 162 Å². The third kappa shape index (κ3) is 20.9. The molecule has 2 N–H and O–H groups in total. The summed E-state index contributed by atoms with van der Waals surface area (Å²) in [5, 5.41) is 0. The SMILES string of the molecule is CCCCCOc1cc(OCCCCC)cc(-c2c3nc(c(-c4cc(OCCCCC)cc(OCCCCC)c4)c4ccc([nH]4)c(-c4cc(OCCCCC)cc(OCCCCC)c4)c4nc(c(-c5cc(OCCCCC)cc(OCCCCC)c5)c5ccc2[nH]5)C=C4)C=C3)c1. The third-order valence-electron chi connectivity index (χ3n) is 17.6. The zero-order chi connectivity index (χ0) is 67.1. The second kappa shape index (κ2) is 39.2. The number of ether oxygens (including phenoxy) is 8. The van der Waals surface area contributed by atoms with Gasteiger partial charge in [-0.1, -0.05) is 158 Å². The molecule has 0 amide bonds. The van der Waals surface area contributed by atoms with Gasteiger partial charge in [-0.05, 0) is 171 Å². The zero-order valence-electron chi connectivity index (χ0n) is 59.3. The van der Waals surface area contributed by atoms with Crippen LogP contribution in [-0.4, -0.2) is 72.8 Å². The van der Waals surface area contributed by atoms with Crippen molar-refractivity contribution in [1.82, 2.24) is 19.9 Å². The Bertz CT molecular complexity index is 3180. The maximum atomic E-state index is 6.66. The molecule has 0 radical (unpaired) electrons. The Morgan fingerprint density at radius 3 is 0.552 bits per heavy atom. The topological polar surface area (TPSA) is 131 Å². The van der Waals surface area contributed by atoms with E-state index in [0.29, 0.717) is 52.9 Å². The van der Waals surface area contributed by atoms with Gasteiger partial charge in [0.2, 0.25) is 0 Å². The fraction of sp³-hybridized carbons (Fsp3) is 0.476. The van der Waals surface area contributed by atoms with Crippen molar-refractivity contribution in [2.24, 2.45) is 0 Å². The first-order valence-corrected chi connectivity index (χ1v) is 37.1. The lowest BCUT2D eigenvalue weighted by Crippen LogP contribution is -2.01. The lowest BCUT2D eigenvalue weighted by Gasteiger charge is -2.14. The summed E-state index contributed by atoms with van der Waals surface area (Å²) in [4.78, 5) is 19.7. The van der Waals surface area contributed by atoms with E-state index < -0.39 is 0 Å². The van der Waals surface area contributed by atoms with Crippen LogP contribution in [0, 0.1) is 0 Å². The molecular weight excluding hydrogens is 1190 g/mol. The predicted octanol–water partition coefficient (Wildman–Crippen LogP) is 23.9. The molecule has 3 aromatic heterocycles. The predicted molar refractivity (Wildman–Crippen MR) is 401 cm³/mol. The maximum absolute atomic E-state index is 6.66. The molecule has 0 unspecified atom stereocenters. The second-order valence-corrected chi connectivity index (χ2v) is 25.7. The highest BCUT2D eigenvalue weighted by Gasteiger charge is 2.23. The molecule has 0 saturated heterocycles. The molecule has 0 spiro atoms. The molecule has 9 rings (SSSR count). The minimum Gasteiger partial charge on any atom is -0.493 e. The largest absolute Gasteiger partial charge is 0.493 e. The molecule has 7 aromatic rings. The van der Waals surface area contributed by atoms with E-state index in [1.807, 2.05) is 24.3 Å². The van der Waals surface area contributed by atoms with E-state index in [-0.39, 0.29) is 0 Å². The molecule has 0 saturated carbocycles. The van der Waals surface area contributed by atoms with Crippen LogP contribution in [0.1, 0.15) is 232 Å². The quantitative estimate of drug-likeness (QED) is 0.0356. The molecule has 2 aliphatic heterocycles. The standard InChI is InChI=1S/C84H110N4O8/c1-9-17-25-41-89-65-49-61(50-66(57-65)90-42-26-18-10-2)81-73-33-35-75(85-73)82(62-51-67(91-43-27-19-11-3)58-68(52-62)92-44-28-20-12-4)77-37-39-79(87-77)84(64-55-71(95-47-31-23-15-7)60-72(56-64)96-48-32-24-16-8)80-40-38-78(88-80)83(76-36-34-74(81)86-76)63-53-69(93-45-29-21-13-5)59-70(54-63)94-46-30-22-14-6/h33-40,49-60,85,88H,9-32,41-48H2,1-8H3. The Balaban J connectivity index is 1.41. The van der Waals surface area contributed by atoms with Crippen molar-refractivity contribution in [3.8, 4) is 90.5 Å². The second-order valence-electron chi connectivity index (χ2n) is 25.7. The van der Waals surface area contributed by atoms with Crippen LogP contribution in [-0.2, 0) is 0 Å². The van der Waals surface area contributed by atoms with E-state index in [1.54, 1.807) is 0 Å². The minimum atomic E-state index is 0.597. The molecule has 12 nitrogen and oxygen atoms in total. The molecular formula is C84H110N4O8. The van der Waals surface area contributed by atoms with Gasteiger partial charge in [0, 0.05) is 68.6 Å². The lowest BCUT2D eigenvalue weighted by atomic mass is 10.0. The minimum absolute atomic E-state index is 0.597. The number of unbranched alkanes of at least 4 members (excludes halogenated alkanes) is 16. The summed E-state index contributed by atoms with van der Waals surface area (Å²) in [6.07, 6.45) is 33.7. The van der Waals surface area contributed by atoms with E-state index in [9.17, 15) is 0 Å². The summed E-state index contributed by atoms with van der Waals surface area (Å²) in [6, 6.07) is 34.1. The van der Waals surface area contributed by atoms with Crippen LogP contribution >= 0.6 is 0 Å². The molecule has 0 fully saturated rings. The number of H-pyrrole nitrogens is 2. The monoisotopic (exact) mass is 1300 g/mol. The molecule has 514 valence electrons. The summed E-state index contributed by atoms with van der Waals surface area (Å²) in [6.45, 7) is 22.5. The molecule has 0 aliphatic carbocycles. The molecule has 2 aliphatic rings. The van der Waals surface area contributed by atoms with Gasteiger partial charge in [0.25, 0.3) is 0 Å². The molecule has 0 atom stereocenters. The highest BCUT2D eigenvalue weighted by Crippen LogP contribution is 2.44. The van der Waals surface area contributed by atoms with E-state index in [0.717, 1.165) is 289 Å². The van der Waals surface area contributed by atoms with Crippen molar-refractivity contribution in [2.45, 2.75) is 209 Å². The third-order valence-corrected chi connectivity index (χ3v) is 17.6. The first-order valence-electron chi connectivity index (χ1n) is 37.1. The fourth-order valence-electron chi connectivity index (χ4n) is 12.3. The number of hydrogen-bond acceptors (Lipinski definition) is 10. The van der Waals surface area contributed by atoms with Crippen molar-refractivity contribution < 1.29 is 37.9 Å². The Kier molecular flexibility index (Phi) is 29.5. The molecule has 4 aromatic carbocycles. The highest BCUT2D eigenvalue weighted by molar-refractivity contribution is 6.00. The number of rotatable bonds is 44. The average molecular weight is 1300 g/mol. The molecule has 12 heteroatoms. The van der Waals surface area contributed by atoms with Crippen LogP contribution in [0.3, 0.4) is 0 Å². The van der Waals surface area contributed by atoms with Crippen LogP contribution in [0.5, 0.6) is 46.0 Å². The Labute approximate surface area is 574 Å². The average Bonchev–Trinajstić information content (AvgIpc) is 1.60. The summed E-state index contributed by atoms with van der Waals surface area (Å²) >= 11 is 0. The number of nitrogens with zero attached hydrogens (tertiary/aromatic N) is 2. The van der Waals surface area contributed by atoms with Gasteiger partial charge in [-0.3, -0.25) is 0 Å². The highest BCUT2D eigenvalue weighted by atomic mass is 16.5. The van der Waals surface area contributed by atoms with Gasteiger partial charge in [-0.15, -0.1) is 0 Å². The smallest absolute Gasteiger partial charge is 0.123 e. The summed E-state index contributed by atoms with van der Waals surface area (Å²) in [5.41, 5.74) is 13.7. The van der Waals surface area contributed by atoms with Crippen LogP contribution in [0.4, 0.5) is 0 Å². The number of aromatic nitrogens is 4. The molecule has 96 heavy (non-hydrogen) atoms. The summed E-state index contributed by atoms with van der Waals surface area (Å²) in [7, 11) is 0. The van der Waals surface area contributed by atoms with Gasteiger partial charge >= 0.3 is 0 Å². The van der Waals surface area contributed by atoms with Gasteiger partial charge < -0.3 is 47.9 Å². The first kappa shape index (κ1) is 72.2. The van der Waals surface area contributed by atoms with E-state index in [4.69, 9.17) is 47.9 Å². The van der Waals surface area contributed by atoms with Crippen LogP contribution in [0.2, 0.25) is 0 Å². The maximum Gasteiger partial charge on any atom is 0.123 e. The number of fused-ring (bicyclic) bond motifs is 8. The van der Waals surface area contributed by atoms with Gasteiger partial charge in [0.05, 0.1) is 75.6 Å². The van der Waals surface area contributed by atoms with Crippen LogP contribution in [0.15, 0.2) is 97.1 Å². The lowest BCUT2D eigenvalue weighted by molar-refractivity contribution is 0.291. The Hall–Kier alpha value is -8.12. The van der Waals surface area contributed by atoms with Gasteiger partial charge in [0.1, 0.15) is 46.0 Å². The van der Waals surface area contributed by atoms with E-state index >= 15 is 0 Å². The van der Waals surface area contributed by atoms with Gasteiger partial charge in [0.15, 0.2) is 0 Å². The summed E-state index contributed by atoms with van der Waals surface area (Å²) in [5.74, 6) is 6.00. The fourth-order valence-corrected chi connectivity index (χ4v) is 12.3. The molecule has 5 heterocycles. The summed E-state index contributed by atoms with van der Waals surface area (Å²) < 4.78 is 53.3. The Morgan fingerprint density at radius 2 is 0.396 bits per heavy atom. The first-order chi connectivity index (χ1) is 47.3. The van der Waals surface area contributed by atoms with Crippen LogP contribution < -0.4 is 37.9 Å². The van der Waals surface area contributed by atoms with Crippen molar-refractivity contribution in [3.63, 3.8) is 0 Å². The van der Waals surface area contributed by atoms with Crippen molar-refractivity contribution in [2.75, 3.05) is 52.9 Å². The molecule has 8 bridgehead atoms.